The number of nitrogens with one attached hydrogen (secondary N) is 1. The monoisotopic (exact) mass is 395 g/mol. The molecule has 0 saturated heterocycles. The standard InChI is InChI=1S/C19H20F3N3OS/c1-9-7-19(2,3)14-11(20)5-6-12(13(9)14)24-17(26)10-8-23-18(27-4)25-15(10)16(21)22/h5-6,8-9,16H,7H2,1-4H3,(H,24,26). The maximum atomic E-state index is 14.4. The van der Waals surface area contributed by atoms with Gasteiger partial charge in [-0.3, -0.25) is 4.79 Å². The van der Waals surface area contributed by atoms with Crippen molar-refractivity contribution in [3.05, 3.63) is 46.5 Å². The lowest BCUT2D eigenvalue weighted by atomic mass is 9.85. The summed E-state index contributed by atoms with van der Waals surface area (Å²) in [5.41, 5.74) is 0.453. The van der Waals surface area contributed by atoms with Gasteiger partial charge in [0.05, 0.1) is 5.56 Å². The number of carbonyl (C=O) groups is 1. The van der Waals surface area contributed by atoms with Crippen LogP contribution in [0.25, 0.3) is 0 Å². The predicted octanol–water partition coefficient (Wildman–Crippen LogP) is 5.31. The molecular formula is C19H20F3N3OS. The molecule has 1 aromatic heterocycles. The number of aromatic nitrogens is 2. The van der Waals surface area contributed by atoms with Gasteiger partial charge in [-0.15, -0.1) is 0 Å². The van der Waals surface area contributed by atoms with Crippen LogP contribution in [-0.4, -0.2) is 22.1 Å². The van der Waals surface area contributed by atoms with E-state index in [1.54, 1.807) is 6.26 Å². The van der Waals surface area contributed by atoms with E-state index in [0.29, 0.717) is 16.8 Å². The molecule has 0 spiro atoms. The summed E-state index contributed by atoms with van der Waals surface area (Å²) >= 11 is 1.11. The Balaban J connectivity index is 2.01. The van der Waals surface area contributed by atoms with Crippen LogP contribution in [0.1, 0.15) is 66.7 Å². The Kier molecular flexibility index (Phi) is 5.20. The van der Waals surface area contributed by atoms with Crippen LogP contribution in [-0.2, 0) is 5.41 Å². The van der Waals surface area contributed by atoms with E-state index in [1.807, 2.05) is 20.8 Å². The lowest BCUT2D eigenvalue weighted by molar-refractivity contribution is 0.100. The van der Waals surface area contributed by atoms with E-state index in [2.05, 4.69) is 15.3 Å². The SMILES string of the molecule is CSc1ncc(C(=O)Nc2ccc(F)c3c2C(C)CC3(C)C)c(C(F)F)n1. The third-order valence-corrected chi connectivity index (χ3v) is 5.42. The molecule has 1 N–H and O–H groups in total. The Labute approximate surface area is 160 Å². The molecule has 3 rings (SSSR count). The van der Waals surface area contributed by atoms with E-state index in [-0.39, 0.29) is 27.9 Å². The molecule has 4 nitrogen and oxygen atoms in total. The summed E-state index contributed by atoms with van der Waals surface area (Å²) in [6.07, 6.45) is 0.596. The van der Waals surface area contributed by atoms with E-state index in [1.165, 1.54) is 12.1 Å². The summed E-state index contributed by atoms with van der Waals surface area (Å²) in [7, 11) is 0. The number of thioether (sulfide) groups is 1. The van der Waals surface area contributed by atoms with E-state index in [9.17, 15) is 18.0 Å². The maximum absolute atomic E-state index is 14.4. The summed E-state index contributed by atoms with van der Waals surface area (Å²) in [6.45, 7) is 5.87. The molecule has 1 amide bonds. The van der Waals surface area contributed by atoms with Crippen molar-refractivity contribution in [2.24, 2.45) is 0 Å². The van der Waals surface area contributed by atoms with Crippen LogP contribution in [0.15, 0.2) is 23.5 Å². The Morgan fingerprint density at radius 1 is 1.37 bits per heavy atom. The molecule has 1 unspecified atom stereocenters. The fourth-order valence-corrected chi connectivity index (χ4v) is 4.23. The largest absolute Gasteiger partial charge is 0.322 e. The average Bonchev–Trinajstić information content (AvgIpc) is 2.86. The third-order valence-electron chi connectivity index (χ3n) is 4.86. The van der Waals surface area contributed by atoms with Gasteiger partial charge in [-0.05, 0) is 47.3 Å². The second kappa shape index (κ2) is 7.14. The van der Waals surface area contributed by atoms with Gasteiger partial charge in [-0.1, -0.05) is 32.5 Å². The summed E-state index contributed by atoms with van der Waals surface area (Å²) in [5.74, 6) is -1.02. The first-order chi connectivity index (χ1) is 12.7. The number of hydrogen-bond acceptors (Lipinski definition) is 4. The molecule has 144 valence electrons. The number of alkyl halides is 2. The number of amides is 1. The molecular weight excluding hydrogens is 375 g/mol. The topological polar surface area (TPSA) is 54.9 Å². The number of nitrogens with zero attached hydrogens (tertiary/aromatic N) is 2. The number of benzene rings is 1. The van der Waals surface area contributed by atoms with Crippen LogP contribution in [0, 0.1) is 5.82 Å². The molecule has 1 aromatic carbocycles. The molecule has 1 atom stereocenters. The fraction of sp³-hybridized carbons (Fsp3) is 0.421. The fourth-order valence-electron chi connectivity index (χ4n) is 3.88. The number of carbonyl (C=O) groups excluding carboxylic acids is 1. The van der Waals surface area contributed by atoms with Gasteiger partial charge in [0.2, 0.25) is 0 Å². The van der Waals surface area contributed by atoms with Crippen LogP contribution >= 0.6 is 11.8 Å². The van der Waals surface area contributed by atoms with Gasteiger partial charge in [-0.2, -0.15) is 0 Å². The van der Waals surface area contributed by atoms with Crippen molar-refractivity contribution in [2.45, 2.75) is 50.1 Å². The van der Waals surface area contributed by atoms with Crippen molar-refractivity contribution in [1.82, 2.24) is 9.97 Å². The normalized spacial score (nSPS) is 17.9. The number of fused-ring (bicyclic) bond motifs is 1. The third kappa shape index (κ3) is 3.54. The second-order valence-electron chi connectivity index (χ2n) is 7.28. The zero-order chi connectivity index (χ0) is 19.9. The van der Waals surface area contributed by atoms with Crippen LogP contribution < -0.4 is 5.32 Å². The van der Waals surface area contributed by atoms with Gasteiger partial charge in [0, 0.05) is 11.9 Å². The Morgan fingerprint density at radius 3 is 2.70 bits per heavy atom. The van der Waals surface area contributed by atoms with E-state index < -0.39 is 18.0 Å². The lowest BCUT2D eigenvalue weighted by Gasteiger charge is -2.20. The molecule has 0 fully saturated rings. The number of halogens is 3. The molecule has 0 saturated carbocycles. The Morgan fingerprint density at radius 2 is 2.07 bits per heavy atom. The maximum Gasteiger partial charge on any atom is 0.281 e. The van der Waals surface area contributed by atoms with Crippen molar-refractivity contribution >= 4 is 23.4 Å². The zero-order valence-electron chi connectivity index (χ0n) is 15.4. The van der Waals surface area contributed by atoms with Crippen LogP contribution in [0.4, 0.5) is 18.9 Å². The summed E-state index contributed by atoms with van der Waals surface area (Å²) in [6, 6.07) is 2.78. The first-order valence-electron chi connectivity index (χ1n) is 8.49. The molecule has 0 bridgehead atoms. The second-order valence-corrected chi connectivity index (χ2v) is 8.06. The van der Waals surface area contributed by atoms with Gasteiger partial charge in [0.25, 0.3) is 12.3 Å². The van der Waals surface area contributed by atoms with Crippen molar-refractivity contribution < 1.29 is 18.0 Å². The molecule has 2 aromatic rings. The van der Waals surface area contributed by atoms with Gasteiger partial charge in [0.1, 0.15) is 11.5 Å². The first-order valence-corrected chi connectivity index (χ1v) is 9.71. The number of hydrogen-bond donors (Lipinski definition) is 1. The Bertz CT molecular complexity index is 902. The number of rotatable bonds is 4. The van der Waals surface area contributed by atoms with Crippen LogP contribution in [0.3, 0.4) is 0 Å². The first kappa shape index (κ1) is 19.7. The molecule has 1 aliphatic rings. The van der Waals surface area contributed by atoms with Crippen molar-refractivity contribution in [3.63, 3.8) is 0 Å². The molecule has 0 aliphatic heterocycles. The quantitative estimate of drug-likeness (QED) is 0.563. The minimum Gasteiger partial charge on any atom is -0.322 e. The summed E-state index contributed by atoms with van der Waals surface area (Å²) in [5, 5.41) is 2.83. The van der Waals surface area contributed by atoms with Crippen molar-refractivity contribution in [1.29, 1.82) is 0 Å². The molecule has 1 heterocycles. The highest BCUT2D eigenvalue weighted by Crippen LogP contribution is 2.49. The van der Waals surface area contributed by atoms with Crippen molar-refractivity contribution in [2.75, 3.05) is 11.6 Å². The molecule has 0 radical (unpaired) electrons. The van der Waals surface area contributed by atoms with E-state index in [4.69, 9.17) is 0 Å². The minimum atomic E-state index is -2.91. The number of anilines is 1. The van der Waals surface area contributed by atoms with E-state index >= 15 is 0 Å². The van der Waals surface area contributed by atoms with Crippen molar-refractivity contribution in [3.8, 4) is 0 Å². The zero-order valence-corrected chi connectivity index (χ0v) is 16.3. The summed E-state index contributed by atoms with van der Waals surface area (Å²) < 4.78 is 41.1. The highest BCUT2D eigenvalue weighted by atomic mass is 32.2. The Hall–Kier alpha value is -2.09. The van der Waals surface area contributed by atoms with Gasteiger partial charge in [-0.25, -0.2) is 23.1 Å². The van der Waals surface area contributed by atoms with Crippen LogP contribution in [0.5, 0.6) is 0 Å². The average molecular weight is 395 g/mol. The highest BCUT2D eigenvalue weighted by molar-refractivity contribution is 7.98. The smallest absolute Gasteiger partial charge is 0.281 e. The molecule has 8 heteroatoms. The minimum absolute atomic E-state index is 0.0330. The van der Waals surface area contributed by atoms with Gasteiger partial charge < -0.3 is 5.32 Å². The molecule has 27 heavy (non-hydrogen) atoms. The van der Waals surface area contributed by atoms with Gasteiger partial charge in [0.15, 0.2) is 5.16 Å². The van der Waals surface area contributed by atoms with Crippen LogP contribution in [0.2, 0.25) is 0 Å². The molecule has 1 aliphatic carbocycles. The van der Waals surface area contributed by atoms with E-state index in [0.717, 1.165) is 24.4 Å². The highest BCUT2D eigenvalue weighted by Gasteiger charge is 2.39. The lowest BCUT2D eigenvalue weighted by Crippen LogP contribution is -2.18. The van der Waals surface area contributed by atoms with Gasteiger partial charge >= 0.3 is 0 Å². The predicted molar refractivity (Wildman–Crippen MR) is 99.2 cm³/mol. The summed E-state index contributed by atoms with van der Waals surface area (Å²) in [4.78, 5) is 20.4.